The molecule has 9 nitrogen and oxygen atoms in total. The van der Waals surface area contributed by atoms with Crippen molar-refractivity contribution in [1.29, 1.82) is 0 Å². The lowest BCUT2D eigenvalue weighted by molar-refractivity contribution is -0.140. The number of aliphatic hydroxyl groups is 1. The summed E-state index contributed by atoms with van der Waals surface area (Å²) in [5.74, 6) is 0.467. The Hall–Kier alpha value is -3.56. The molecule has 1 amide bonds. The van der Waals surface area contributed by atoms with Crippen LogP contribution in [0.3, 0.4) is 0 Å². The van der Waals surface area contributed by atoms with Gasteiger partial charge in [0.1, 0.15) is 17.6 Å². The molecule has 2 saturated heterocycles. The van der Waals surface area contributed by atoms with Gasteiger partial charge in [0, 0.05) is 38.2 Å². The summed E-state index contributed by atoms with van der Waals surface area (Å²) in [6.07, 6.45) is 3.38. The van der Waals surface area contributed by atoms with Crippen molar-refractivity contribution in [3.05, 3.63) is 58.7 Å². The Kier molecular flexibility index (Phi) is 9.69. The first-order valence-electron chi connectivity index (χ1n) is 15.2. The number of aliphatic hydroxyl groups excluding tert-OH is 1. The summed E-state index contributed by atoms with van der Waals surface area (Å²) < 4.78 is 23.2. The zero-order valence-electron chi connectivity index (χ0n) is 24.9. The van der Waals surface area contributed by atoms with Gasteiger partial charge in [-0.25, -0.2) is 0 Å². The summed E-state index contributed by atoms with van der Waals surface area (Å²) in [6.45, 7) is 11.2. The maximum Gasteiger partial charge on any atom is 0.295 e. The van der Waals surface area contributed by atoms with Gasteiger partial charge in [-0.3, -0.25) is 14.5 Å². The predicted octanol–water partition coefficient (Wildman–Crippen LogP) is 4.73. The maximum absolute atomic E-state index is 13.6. The van der Waals surface area contributed by atoms with Crippen molar-refractivity contribution >= 4 is 17.4 Å². The Labute approximate surface area is 248 Å². The molecule has 0 aliphatic carbocycles. The highest BCUT2D eigenvalue weighted by Gasteiger charge is 2.46. The number of unbranched alkanes of at least 4 members (excludes halogenated alkanes) is 1. The normalized spacial score (nSPS) is 21.8. The largest absolute Gasteiger partial charge is 0.507 e. The van der Waals surface area contributed by atoms with Crippen LogP contribution in [0.15, 0.2) is 42.0 Å². The molecule has 2 fully saturated rings. The van der Waals surface area contributed by atoms with Crippen LogP contribution in [-0.2, 0) is 20.7 Å². The molecule has 9 heteroatoms. The quantitative estimate of drug-likeness (QED) is 0.167. The first-order chi connectivity index (χ1) is 20.4. The monoisotopic (exact) mass is 578 g/mol. The molecule has 0 radical (unpaired) electrons. The summed E-state index contributed by atoms with van der Waals surface area (Å²) in [7, 11) is 0. The molecule has 3 aliphatic rings. The van der Waals surface area contributed by atoms with Crippen LogP contribution in [0, 0.1) is 0 Å². The van der Waals surface area contributed by atoms with Gasteiger partial charge >= 0.3 is 0 Å². The van der Waals surface area contributed by atoms with Crippen LogP contribution in [0.5, 0.6) is 17.2 Å². The van der Waals surface area contributed by atoms with Crippen LogP contribution >= 0.6 is 0 Å². The number of carbonyl (C=O) groups is 2. The molecule has 0 bridgehead atoms. The summed E-state index contributed by atoms with van der Waals surface area (Å²) in [4.78, 5) is 31.0. The van der Waals surface area contributed by atoms with Gasteiger partial charge in [0.25, 0.3) is 11.7 Å². The van der Waals surface area contributed by atoms with E-state index in [1.54, 1.807) is 11.0 Å². The van der Waals surface area contributed by atoms with E-state index in [1.165, 1.54) is 0 Å². The van der Waals surface area contributed by atoms with Crippen molar-refractivity contribution in [3.63, 3.8) is 0 Å². The summed E-state index contributed by atoms with van der Waals surface area (Å²) in [5, 5.41) is 11.6. The average Bonchev–Trinajstić information content (AvgIpc) is 3.49. The number of ketones is 1. The van der Waals surface area contributed by atoms with Gasteiger partial charge in [0.2, 0.25) is 0 Å². The van der Waals surface area contributed by atoms with E-state index in [-0.39, 0.29) is 17.4 Å². The highest BCUT2D eigenvalue weighted by atomic mass is 16.5. The van der Waals surface area contributed by atoms with E-state index in [1.807, 2.05) is 44.2 Å². The molecule has 42 heavy (non-hydrogen) atoms. The summed E-state index contributed by atoms with van der Waals surface area (Å²) in [6, 6.07) is 10.2. The van der Waals surface area contributed by atoms with Crippen molar-refractivity contribution in [2.75, 3.05) is 52.6 Å². The molecule has 1 N–H and O–H groups in total. The Bertz CT molecular complexity index is 1320. The zero-order chi connectivity index (χ0) is 29.6. The first-order valence-corrected chi connectivity index (χ1v) is 15.2. The number of likely N-dealkylation sites (tertiary alicyclic amines) is 1. The number of morpholine rings is 1. The second-order valence-corrected chi connectivity index (χ2v) is 11.1. The second kappa shape index (κ2) is 13.6. The highest BCUT2D eigenvalue weighted by molar-refractivity contribution is 6.46. The molecular formula is C33H42N2O7. The minimum absolute atomic E-state index is 0.0458. The molecule has 3 aliphatic heterocycles. The fourth-order valence-electron chi connectivity index (χ4n) is 5.88. The fourth-order valence-corrected chi connectivity index (χ4v) is 5.88. The van der Waals surface area contributed by atoms with E-state index in [9.17, 15) is 14.7 Å². The third-order valence-electron chi connectivity index (χ3n) is 8.03. The number of Topliss-reactive ketones (excluding diaryl/α,β-unsaturated/α-hetero) is 1. The van der Waals surface area contributed by atoms with E-state index in [0.29, 0.717) is 68.4 Å². The standard InChI is InChI=1S/C33H42N2O7/c1-4-6-16-41-27-11-8-23(21-28(27)40-5-2)30-29(31(36)24-9-10-26-25(20-24)19-22(3)42-26)32(37)33(38)35(30)13-7-12-34-14-17-39-18-15-34/h8-11,20-22,30,36H,4-7,12-19H2,1-3H3/b31-29-. The number of benzene rings is 2. The first kappa shape index (κ1) is 29.9. The minimum Gasteiger partial charge on any atom is -0.507 e. The molecule has 0 saturated carbocycles. The van der Waals surface area contributed by atoms with E-state index in [2.05, 4.69) is 11.8 Å². The van der Waals surface area contributed by atoms with Gasteiger partial charge in [-0.15, -0.1) is 0 Å². The third-order valence-corrected chi connectivity index (χ3v) is 8.03. The third kappa shape index (κ3) is 6.42. The number of ether oxygens (including phenoxy) is 4. The number of nitrogens with zero attached hydrogens (tertiary/aromatic N) is 2. The Morgan fingerprint density at radius 1 is 1.00 bits per heavy atom. The van der Waals surface area contributed by atoms with Crippen LogP contribution in [0.2, 0.25) is 0 Å². The Morgan fingerprint density at radius 3 is 2.57 bits per heavy atom. The minimum atomic E-state index is -0.762. The SMILES string of the molecule is CCCCOc1ccc(C2/C(=C(/O)c3ccc4c(c3)CC(C)O4)C(=O)C(=O)N2CCCN2CCOCC2)cc1OCC. The van der Waals surface area contributed by atoms with Crippen LogP contribution in [0.1, 0.15) is 62.8 Å². The smallest absolute Gasteiger partial charge is 0.295 e. The lowest BCUT2D eigenvalue weighted by Gasteiger charge is -2.29. The van der Waals surface area contributed by atoms with E-state index < -0.39 is 17.7 Å². The summed E-state index contributed by atoms with van der Waals surface area (Å²) in [5.41, 5.74) is 2.23. The molecule has 0 aromatic heterocycles. The molecule has 0 spiro atoms. The Balaban J connectivity index is 1.51. The second-order valence-electron chi connectivity index (χ2n) is 11.1. The molecule has 5 rings (SSSR count). The van der Waals surface area contributed by atoms with Gasteiger partial charge in [-0.05, 0) is 68.1 Å². The molecule has 3 heterocycles. The van der Waals surface area contributed by atoms with Crippen molar-refractivity contribution in [2.24, 2.45) is 0 Å². The lowest BCUT2D eigenvalue weighted by Crippen LogP contribution is -2.39. The van der Waals surface area contributed by atoms with E-state index in [0.717, 1.165) is 43.8 Å². The van der Waals surface area contributed by atoms with E-state index >= 15 is 0 Å². The maximum atomic E-state index is 13.6. The van der Waals surface area contributed by atoms with Gasteiger partial charge in [-0.2, -0.15) is 0 Å². The van der Waals surface area contributed by atoms with Crippen molar-refractivity contribution < 1.29 is 33.6 Å². The topological polar surface area (TPSA) is 97.8 Å². The van der Waals surface area contributed by atoms with Crippen molar-refractivity contribution in [2.45, 2.75) is 58.6 Å². The zero-order valence-corrected chi connectivity index (χ0v) is 24.9. The predicted molar refractivity (Wildman–Crippen MR) is 159 cm³/mol. The van der Waals surface area contributed by atoms with Gasteiger partial charge in [-0.1, -0.05) is 19.4 Å². The number of hydrogen-bond acceptors (Lipinski definition) is 8. The Morgan fingerprint density at radius 2 is 1.81 bits per heavy atom. The molecular weight excluding hydrogens is 536 g/mol. The number of hydrogen-bond donors (Lipinski definition) is 1. The number of amides is 1. The van der Waals surface area contributed by atoms with Crippen molar-refractivity contribution in [3.8, 4) is 17.2 Å². The van der Waals surface area contributed by atoms with Gasteiger partial charge in [0.05, 0.1) is 38.0 Å². The van der Waals surface area contributed by atoms with Crippen LogP contribution in [-0.4, -0.2) is 85.3 Å². The molecule has 2 unspecified atom stereocenters. The highest BCUT2D eigenvalue weighted by Crippen LogP contribution is 2.43. The number of fused-ring (bicyclic) bond motifs is 1. The average molecular weight is 579 g/mol. The molecule has 2 aromatic carbocycles. The van der Waals surface area contributed by atoms with Crippen LogP contribution in [0.25, 0.3) is 5.76 Å². The van der Waals surface area contributed by atoms with Crippen LogP contribution in [0.4, 0.5) is 0 Å². The van der Waals surface area contributed by atoms with E-state index in [4.69, 9.17) is 18.9 Å². The van der Waals surface area contributed by atoms with Gasteiger partial charge < -0.3 is 29.0 Å². The summed E-state index contributed by atoms with van der Waals surface area (Å²) >= 11 is 0. The molecule has 226 valence electrons. The fraction of sp³-hybridized carbons (Fsp3) is 0.515. The van der Waals surface area contributed by atoms with Gasteiger partial charge in [0.15, 0.2) is 11.5 Å². The lowest BCUT2D eigenvalue weighted by atomic mass is 9.94. The van der Waals surface area contributed by atoms with Crippen LogP contribution < -0.4 is 14.2 Å². The number of rotatable bonds is 12. The molecule has 2 aromatic rings. The van der Waals surface area contributed by atoms with Crippen molar-refractivity contribution in [1.82, 2.24) is 9.80 Å². The molecule has 2 atom stereocenters. The number of carbonyl (C=O) groups excluding carboxylic acids is 2.